The number of benzene rings is 2. The number of likely N-dealkylation sites (N-methyl/N-ethyl adjacent to an activating group) is 1. The maximum atomic E-state index is 13.2. The van der Waals surface area contributed by atoms with Gasteiger partial charge < -0.3 is 4.90 Å². The van der Waals surface area contributed by atoms with Crippen molar-refractivity contribution in [2.75, 3.05) is 18.5 Å². The third-order valence-electron chi connectivity index (χ3n) is 4.81. The fraction of sp³-hybridized carbons (Fsp3) is 0.190. The Kier molecular flexibility index (Phi) is 4.64. The van der Waals surface area contributed by atoms with Gasteiger partial charge in [0.2, 0.25) is 0 Å². The topological polar surface area (TPSA) is 48.8 Å². The number of thioether (sulfide) groups is 2. The summed E-state index contributed by atoms with van der Waals surface area (Å²) in [5.74, 6) is 0.0176. The number of carbonyl (C=O) groups excluding carboxylic acids is 1. The monoisotopic (exact) mass is 438 g/mol. The summed E-state index contributed by atoms with van der Waals surface area (Å²) in [6, 6.07) is 14.2. The van der Waals surface area contributed by atoms with Gasteiger partial charge >= 0.3 is 0 Å². The number of para-hydroxylation sites is 1. The van der Waals surface area contributed by atoms with Gasteiger partial charge in [0.1, 0.15) is 4.91 Å². The molecule has 3 heterocycles. The molecule has 1 aromatic heterocycles. The number of amides is 1. The maximum Gasteiger partial charge on any atom is 0.269 e. The molecular weight excluding hydrogens is 420 g/mol. The van der Waals surface area contributed by atoms with Crippen LogP contribution in [0.1, 0.15) is 11.9 Å². The second-order valence-corrected chi connectivity index (χ2v) is 9.94. The molecule has 0 radical (unpaired) electrons. The molecule has 5 nitrogen and oxygen atoms in total. The number of nitrogens with zero attached hydrogens (tertiary/aromatic N) is 4. The largest absolute Gasteiger partial charge is 0.337 e. The van der Waals surface area contributed by atoms with Crippen LogP contribution in [-0.2, 0) is 4.79 Å². The molecule has 1 amide bonds. The Morgan fingerprint density at radius 3 is 2.76 bits per heavy atom. The highest BCUT2D eigenvalue weighted by molar-refractivity contribution is 8.19. The first kappa shape index (κ1) is 18.7. The van der Waals surface area contributed by atoms with E-state index < -0.39 is 0 Å². The van der Waals surface area contributed by atoms with Gasteiger partial charge in [-0.3, -0.25) is 9.69 Å². The van der Waals surface area contributed by atoms with Crippen LogP contribution in [0.2, 0.25) is 0 Å². The van der Waals surface area contributed by atoms with Gasteiger partial charge in [0.15, 0.2) is 5.17 Å². The molecule has 2 aliphatic heterocycles. The molecule has 0 spiro atoms. The summed E-state index contributed by atoms with van der Waals surface area (Å²) in [5, 5.41) is 2.73. The zero-order valence-electron chi connectivity index (χ0n) is 16.2. The first-order chi connectivity index (χ1) is 14.0. The second kappa shape index (κ2) is 7.19. The second-order valence-electron chi connectivity index (χ2n) is 6.69. The molecule has 1 saturated heterocycles. The number of amidine groups is 1. The zero-order chi connectivity index (χ0) is 20.1. The van der Waals surface area contributed by atoms with E-state index >= 15 is 0 Å². The number of thiazole rings is 1. The van der Waals surface area contributed by atoms with Gasteiger partial charge in [-0.25, -0.2) is 9.98 Å². The standard InChI is InChI=1S/C21H18N4OS3/c1-4-25-19(26)18(20-24(3)15-7-5-6-8-17(15)28-20)29-21(25)23-13-9-10-16-14(11-13)22-12(2)27-16/h5-11H,4H2,1-3H3. The summed E-state index contributed by atoms with van der Waals surface area (Å²) in [6.07, 6.45) is 0. The van der Waals surface area contributed by atoms with Gasteiger partial charge in [0, 0.05) is 18.5 Å². The Balaban J connectivity index is 1.53. The van der Waals surface area contributed by atoms with Crippen molar-refractivity contribution in [1.29, 1.82) is 0 Å². The number of hydrogen-bond donors (Lipinski definition) is 0. The van der Waals surface area contributed by atoms with Crippen molar-refractivity contribution in [2.45, 2.75) is 18.7 Å². The minimum absolute atomic E-state index is 0.0176. The van der Waals surface area contributed by atoms with Crippen molar-refractivity contribution in [3.63, 3.8) is 0 Å². The number of rotatable bonds is 2. The lowest BCUT2D eigenvalue weighted by molar-refractivity contribution is -0.122. The molecule has 1 fully saturated rings. The third-order valence-corrected chi connectivity index (χ3v) is 8.20. The summed E-state index contributed by atoms with van der Waals surface area (Å²) >= 11 is 4.77. The predicted octanol–water partition coefficient (Wildman–Crippen LogP) is 5.60. The average molecular weight is 439 g/mol. The van der Waals surface area contributed by atoms with Crippen molar-refractivity contribution >= 4 is 67.5 Å². The van der Waals surface area contributed by atoms with Crippen LogP contribution < -0.4 is 4.90 Å². The summed E-state index contributed by atoms with van der Waals surface area (Å²) in [5.41, 5.74) is 2.90. The first-order valence-electron chi connectivity index (χ1n) is 9.25. The van der Waals surface area contributed by atoms with Crippen LogP contribution in [-0.4, -0.2) is 34.6 Å². The first-order valence-corrected chi connectivity index (χ1v) is 11.7. The number of fused-ring (bicyclic) bond motifs is 2. The molecule has 5 rings (SSSR count). The minimum Gasteiger partial charge on any atom is -0.337 e. The quantitative estimate of drug-likeness (QED) is 0.488. The van der Waals surface area contributed by atoms with Gasteiger partial charge in [-0.2, -0.15) is 0 Å². The van der Waals surface area contributed by atoms with Crippen molar-refractivity contribution < 1.29 is 4.79 Å². The summed E-state index contributed by atoms with van der Waals surface area (Å²) < 4.78 is 1.15. The fourth-order valence-corrected chi connectivity index (χ4v) is 6.62. The molecule has 0 atom stereocenters. The van der Waals surface area contributed by atoms with Crippen molar-refractivity contribution in [1.82, 2.24) is 9.88 Å². The molecule has 3 aromatic rings. The predicted molar refractivity (Wildman–Crippen MR) is 124 cm³/mol. The molecule has 0 saturated carbocycles. The molecule has 0 N–H and O–H groups in total. The molecule has 0 bridgehead atoms. The van der Waals surface area contributed by atoms with Crippen molar-refractivity contribution in [3.8, 4) is 0 Å². The lowest BCUT2D eigenvalue weighted by atomic mass is 10.3. The Bertz CT molecular complexity index is 1210. The molecule has 2 aromatic carbocycles. The van der Waals surface area contributed by atoms with Gasteiger partial charge in [0.25, 0.3) is 5.91 Å². The van der Waals surface area contributed by atoms with E-state index in [1.54, 1.807) is 28.0 Å². The third kappa shape index (κ3) is 3.15. The molecule has 29 heavy (non-hydrogen) atoms. The van der Waals surface area contributed by atoms with Crippen LogP contribution in [0.15, 0.2) is 62.3 Å². The van der Waals surface area contributed by atoms with Crippen LogP contribution in [0.5, 0.6) is 0 Å². The fourth-order valence-electron chi connectivity index (χ4n) is 3.41. The van der Waals surface area contributed by atoms with Crippen molar-refractivity contribution in [3.05, 3.63) is 57.4 Å². The Morgan fingerprint density at radius 2 is 1.97 bits per heavy atom. The molecule has 0 aliphatic carbocycles. The van der Waals surface area contributed by atoms with Gasteiger partial charge in [-0.05, 0) is 55.9 Å². The van der Waals surface area contributed by atoms with E-state index in [4.69, 9.17) is 4.99 Å². The van der Waals surface area contributed by atoms with Crippen LogP contribution in [0.3, 0.4) is 0 Å². The van der Waals surface area contributed by atoms with E-state index in [0.29, 0.717) is 6.54 Å². The van der Waals surface area contributed by atoms with E-state index in [1.807, 2.05) is 51.2 Å². The van der Waals surface area contributed by atoms with Crippen molar-refractivity contribution in [2.24, 2.45) is 4.99 Å². The van der Waals surface area contributed by atoms with Crippen LogP contribution in [0.25, 0.3) is 10.2 Å². The molecule has 0 unspecified atom stereocenters. The number of carbonyl (C=O) groups is 1. The van der Waals surface area contributed by atoms with E-state index in [9.17, 15) is 4.79 Å². The lowest BCUT2D eigenvalue weighted by Crippen LogP contribution is -2.29. The number of aliphatic imine (C=N–C) groups is 1. The normalized spacial score (nSPS) is 20.4. The number of aryl methyl sites for hydroxylation is 1. The summed E-state index contributed by atoms with van der Waals surface area (Å²) in [6.45, 7) is 4.57. The SMILES string of the molecule is CCN1C(=O)C(=C2Sc3ccccc3N2C)SC1=Nc1ccc2sc(C)nc2c1. The Morgan fingerprint density at radius 1 is 1.14 bits per heavy atom. The lowest BCUT2D eigenvalue weighted by Gasteiger charge is -2.15. The highest BCUT2D eigenvalue weighted by atomic mass is 32.2. The summed E-state index contributed by atoms with van der Waals surface area (Å²) in [7, 11) is 2.01. The van der Waals surface area contributed by atoms with E-state index in [0.717, 1.165) is 41.7 Å². The van der Waals surface area contributed by atoms with E-state index in [-0.39, 0.29) is 5.91 Å². The highest BCUT2D eigenvalue weighted by Gasteiger charge is 2.38. The van der Waals surface area contributed by atoms with Gasteiger partial charge in [-0.15, -0.1) is 11.3 Å². The van der Waals surface area contributed by atoms with Gasteiger partial charge in [0.05, 0.1) is 31.6 Å². The maximum absolute atomic E-state index is 13.2. The Labute approximate surface area is 181 Å². The van der Waals surface area contributed by atoms with Crippen LogP contribution in [0.4, 0.5) is 11.4 Å². The Hall–Kier alpha value is -2.29. The van der Waals surface area contributed by atoms with E-state index in [1.165, 1.54) is 16.7 Å². The minimum atomic E-state index is 0.0176. The zero-order valence-corrected chi connectivity index (χ0v) is 18.6. The summed E-state index contributed by atoms with van der Waals surface area (Å²) in [4.78, 5) is 28.3. The van der Waals surface area contributed by atoms with Crippen LogP contribution in [0, 0.1) is 6.92 Å². The molecule has 2 aliphatic rings. The molecule has 146 valence electrons. The highest BCUT2D eigenvalue weighted by Crippen LogP contribution is 2.49. The van der Waals surface area contributed by atoms with E-state index in [2.05, 4.69) is 22.0 Å². The molecular formula is C21H18N4OS3. The number of anilines is 1. The van der Waals surface area contributed by atoms with Crippen LogP contribution >= 0.6 is 34.9 Å². The smallest absolute Gasteiger partial charge is 0.269 e. The van der Waals surface area contributed by atoms with Gasteiger partial charge in [-0.1, -0.05) is 23.9 Å². The molecule has 8 heteroatoms. The average Bonchev–Trinajstić information content (AvgIpc) is 3.34. The number of aromatic nitrogens is 1. The number of hydrogen-bond acceptors (Lipinski definition) is 7.